The van der Waals surface area contributed by atoms with Gasteiger partial charge in [-0.2, -0.15) is 4.98 Å². The van der Waals surface area contributed by atoms with Crippen LogP contribution in [0.1, 0.15) is 25.0 Å². The lowest BCUT2D eigenvalue weighted by Crippen LogP contribution is -2.32. The average Bonchev–Trinajstić information content (AvgIpc) is 3.15. The number of hydrogen-bond donors (Lipinski definition) is 3. The Morgan fingerprint density at radius 3 is 2.88 bits per heavy atom. The molecule has 0 aliphatic rings. The first kappa shape index (κ1) is 25.1. The molecule has 2 heterocycles. The molecule has 2 aromatic heterocycles. The average molecular weight is 497 g/mol. The minimum atomic E-state index is -3.54. The van der Waals surface area contributed by atoms with Crippen molar-refractivity contribution in [1.29, 1.82) is 0 Å². The fourth-order valence-electron chi connectivity index (χ4n) is 2.88. The van der Waals surface area contributed by atoms with E-state index in [1.807, 2.05) is 19.1 Å². The van der Waals surface area contributed by atoms with Crippen LogP contribution < -0.4 is 16.4 Å². The lowest BCUT2D eigenvalue weighted by Gasteiger charge is -2.23. The maximum atomic E-state index is 13.4. The van der Waals surface area contributed by atoms with Gasteiger partial charge in [-0.25, -0.2) is 10.1 Å². The third-order valence-corrected chi connectivity index (χ3v) is 7.16. The molecule has 0 radical (unpaired) electrons. The van der Waals surface area contributed by atoms with Crippen molar-refractivity contribution in [3.8, 4) is 0 Å². The predicted octanol–water partition coefficient (Wildman–Crippen LogP) is 2.61. The summed E-state index contributed by atoms with van der Waals surface area (Å²) in [5, 5.41) is 3.34. The van der Waals surface area contributed by atoms with Crippen LogP contribution in [-0.4, -0.2) is 44.3 Å². The summed E-state index contributed by atoms with van der Waals surface area (Å²) in [6.45, 7) is 5.31. The highest BCUT2D eigenvalue weighted by molar-refractivity contribution is 7.56. The van der Waals surface area contributed by atoms with Crippen LogP contribution in [-0.2, 0) is 31.8 Å². The van der Waals surface area contributed by atoms with E-state index < -0.39 is 19.1 Å². The van der Waals surface area contributed by atoms with E-state index in [-0.39, 0.29) is 43.4 Å². The Balaban J connectivity index is 1.64. The maximum Gasteiger partial charge on any atom is 0.295 e. The fraction of sp³-hybridized carbons (Fsp3) is 0.400. The summed E-state index contributed by atoms with van der Waals surface area (Å²) in [6.07, 6.45) is 1.18. The lowest BCUT2D eigenvalue weighted by molar-refractivity contribution is -0.118. The third kappa shape index (κ3) is 6.49. The summed E-state index contributed by atoms with van der Waals surface area (Å²) in [6, 6.07) is 4.72. The number of Topliss-reactive ketones (excluding diaryl/α,β-unsaturated/α-hetero) is 1. The fourth-order valence-corrected chi connectivity index (χ4v) is 4.81. The minimum Gasteiger partial charge on any atom is -0.369 e. The highest BCUT2D eigenvalue weighted by atomic mass is 35.5. The van der Waals surface area contributed by atoms with Gasteiger partial charge in [0.15, 0.2) is 11.2 Å². The van der Waals surface area contributed by atoms with E-state index >= 15 is 0 Å². The Morgan fingerprint density at radius 1 is 1.42 bits per heavy atom. The van der Waals surface area contributed by atoms with Crippen molar-refractivity contribution in [2.24, 2.45) is 0 Å². The van der Waals surface area contributed by atoms with Crippen LogP contribution in [0.2, 0.25) is 5.02 Å². The lowest BCUT2D eigenvalue weighted by atomic mass is 10.2. The molecule has 0 amide bonds. The van der Waals surface area contributed by atoms with Crippen LogP contribution in [0.15, 0.2) is 29.3 Å². The molecule has 11 nitrogen and oxygen atoms in total. The number of rotatable bonds is 11. The van der Waals surface area contributed by atoms with Gasteiger partial charge in [0.25, 0.3) is 13.1 Å². The molecule has 33 heavy (non-hydrogen) atoms. The van der Waals surface area contributed by atoms with E-state index in [1.54, 1.807) is 17.6 Å². The van der Waals surface area contributed by atoms with E-state index in [1.165, 1.54) is 13.3 Å². The molecular weight excluding hydrogens is 471 g/mol. The topological polar surface area (TPSA) is 154 Å². The van der Waals surface area contributed by atoms with Gasteiger partial charge in [-0.3, -0.25) is 19.1 Å². The van der Waals surface area contributed by atoms with E-state index in [2.05, 4.69) is 20.0 Å². The molecule has 4 N–H and O–H groups in total. The Kier molecular flexibility index (Phi) is 8.04. The van der Waals surface area contributed by atoms with Gasteiger partial charge < -0.3 is 19.6 Å². The van der Waals surface area contributed by atoms with Crippen molar-refractivity contribution in [3.05, 3.63) is 51.0 Å². The summed E-state index contributed by atoms with van der Waals surface area (Å²) in [4.78, 5) is 34.1. The molecule has 0 bridgehead atoms. The molecule has 0 spiro atoms. The molecule has 178 valence electrons. The van der Waals surface area contributed by atoms with Gasteiger partial charge in [-0.15, -0.1) is 0 Å². The van der Waals surface area contributed by atoms with Crippen LogP contribution in [0.25, 0.3) is 11.2 Å². The normalized spacial score (nSPS) is 14.3. The van der Waals surface area contributed by atoms with Gasteiger partial charge in [0, 0.05) is 11.6 Å². The van der Waals surface area contributed by atoms with Crippen molar-refractivity contribution in [2.45, 2.75) is 40.0 Å². The van der Waals surface area contributed by atoms with Gasteiger partial charge in [0.1, 0.15) is 12.1 Å². The standard InChI is InChI=1S/C20H26ClN6O5P/c1-12-4-5-15(8-16(12)21)9-32-33(30,26-13(2)14(3)28)11-31-7-6-27-10-23-17-18(27)24-20(22)25-19(17)29/h4-5,8,10,13H,6-7,9,11H2,1-3H3,(H,26,30)(H3,22,24,25,29)/t13-,33?/m0/s1. The monoisotopic (exact) mass is 496 g/mol. The number of ketones is 1. The summed E-state index contributed by atoms with van der Waals surface area (Å²) < 4.78 is 26.3. The highest BCUT2D eigenvalue weighted by Crippen LogP contribution is 2.44. The summed E-state index contributed by atoms with van der Waals surface area (Å²) in [7, 11) is -3.54. The molecule has 1 unspecified atom stereocenters. The molecule has 1 aromatic carbocycles. The van der Waals surface area contributed by atoms with E-state index in [0.29, 0.717) is 10.7 Å². The SMILES string of the molecule is CC(=O)[C@H](C)NP(=O)(COCCn1cnc2c(=O)[nH]c(N)nc21)OCc1ccc(C)c(Cl)c1. The molecule has 0 saturated carbocycles. The minimum absolute atomic E-state index is 0.0216. The van der Waals surface area contributed by atoms with Gasteiger partial charge >= 0.3 is 0 Å². The second-order valence-electron chi connectivity index (χ2n) is 7.59. The number of carbonyl (C=O) groups is 1. The number of H-pyrrole nitrogens is 1. The van der Waals surface area contributed by atoms with Crippen LogP contribution in [0, 0.1) is 6.92 Å². The number of halogens is 1. The molecule has 0 saturated heterocycles. The van der Waals surface area contributed by atoms with Gasteiger partial charge in [-0.05, 0) is 38.0 Å². The zero-order chi connectivity index (χ0) is 24.2. The number of aromatic amines is 1. The van der Waals surface area contributed by atoms with Gasteiger partial charge in [-0.1, -0.05) is 23.7 Å². The Labute approximate surface area is 195 Å². The van der Waals surface area contributed by atoms with Crippen molar-refractivity contribution in [3.63, 3.8) is 0 Å². The molecule has 0 aliphatic heterocycles. The molecule has 0 aliphatic carbocycles. The molecule has 13 heteroatoms. The smallest absolute Gasteiger partial charge is 0.295 e. The van der Waals surface area contributed by atoms with Crippen LogP contribution in [0.4, 0.5) is 5.95 Å². The predicted molar refractivity (Wildman–Crippen MR) is 125 cm³/mol. The number of hydrogen-bond acceptors (Lipinski definition) is 8. The number of carbonyl (C=O) groups excluding carboxylic acids is 1. The second kappa shape index (κ2) is 10.6. The van der Waals surface area contributed by atoms with E-state index in [4.69, 9.17) is 26.6 Å². The molecule has 3 aromatic rings. The van der Waals surface area contributed by atoms with Crippen LogP contribution in [0.3, 0.4) is 0 Å². The highest BCUT2D eigenvalue weighted by Gasteiger charge is 2.27. The second-order valence-corrected chi connectivity index (χ2v) is 10.1. The Morgan fingerprint density at radius 2 is 2.18 bits per heavy atom. The molecule has 2 atom stereocenters. The first-order chi connectivity index (χ1) is 15.6. The van der Waals surface area contributed by atoms with E-state index in [9.17, 15) is 14.2 Å². The van der Waals surface area contributed by atoms with Crippen molar-refractivity contribution >= 4 is 42.0 Å². The number of nitrogens with zero attached hydrogens (tertiary/aromatic N) is 3. The van der Waals surface area contributed by atoms with Gasteiger partial charge in [0.05, 0.1) is 25.6 Å². The molecular formula is C20H26ClN6O5P. The van der Waals surface area contributed by atoms with Gasteiger partial charge in [0.2, 0.25) is 5.95 Å². The zero-order valence-electron chi connectivity index (χ0n) is 18.5. The van der Waals surface area contributed by atoms with Crippen LogP contribution >= 0.6 is 19.1 Å². The molecule has 3 rings (SSSR count). The number of aryl methyl sites for hydroxylation is 1. The number of anilines is 1. The number of benzene rings is 1. The largest absolute Gasteiger partial charge is 0.369 e. The number of nitrogens with two attached hydrogens (primary N) is 1. The first-order valence-corrected chi connectivity index (χ1v) is 12.3. The maximum absolute atomic E-state index is 13.4. The first-order valence-electron chi connectivity index (χ1n) is 10.1. The van der Waals surface area contributed by atoms with Crippen molar-refractivity contribution < 1.29 is 18.6 Å². The summed E-state index contributed by atoms with van der Waals surface area (Å²) in [5.41, 5.74) is 7.29. The number of ether oxygens (including phenoxy) is 1. The summed E-state index contributed by atoms with van der Waals surface area (Å²) >= 11 is 6.15. The zero-order valence-corrected chi connectivity index (χ0v) is 20.2. The number of aromatic nitrogens is 4. The quantitative estimate of drug-likeness (QED) is 0.268. The number of fused-ring (bicyclic) bond motifs is 1. The number of nitrogens with one attached hydrogen (secondary N) is 2. The Hall–Kier alpha value is -2.56. The third-order valence-electron chi connectivity index (χ3n) is 4.91. The molecule has 0 fully saturated rings. The van der Waals surface area contributed by atoms with Crippen molar-refractivity contribution in [2.75, 3.05) is 18.7 Å². The number of nitrogen functional groups attached to an aromatic ring is 1. The Bertz CT molecular complexity index is 1260. The van der Waals surface area contributed by atoms with Crippen LogP contribution in [0.5, 0.6) is 0 Å². The van der Waals surface area contributed by atoms with Crippen molar-refractivity contribution in [1.82, 2.24) is 24.6 Å². The number of imidazole rings is 1. The van der Waals surface area contributed by atoms with E-state index in [0.717, 1.165) is 11.1 Å². The summed E-state index contributed by atoms with van der Waals surface area (Å²) in [5.74, 6) is -0.206.